The maximum atomic E-state index is 9.60. The van der Waals surface area contributed by atoms with Crippen molar-refractivity contribution in [3.8, 4) is 0 Å². The smallest absolute Gasteiger partial charge is 0.104 e. The Morgan fingerprint density at radius 1 is 0.293 bits per heavy atom. The van der Waals surface area contributed by atoms with Gasteiger partial charge in [-0.1, -0.05) is 0 Å². The lowest BCUT2D eigenvalue weighted by molar-refractivity contribution is -0.138. The van der Waals surface area contributed by atoms with Gasteiger partial charge in [0.1, 0.15) is 48.8 Å². The second-order valence-corrected chi connectivity index (χ2v) is 9.20. The molecule has 0 aliphatic rings. The van der Waals surface area contributed by atoms with E-state index in [1.165, 1.54) is 0 Å². The van der Waals surface area contributed by atoms with E-state index in [-0.39, 0.29) is 72.7 Å². The van der Waals surface area contributed by atoms with Crippen LogP contribution >= 0.6 is 0 Å². The Morgan fingerprint density at radius 2 is 0.512 bits per heavy atom. The number of aliphatic hydroxyl groups is 10. The Kier molecular flexibility index (Phi) is 26.5. The van der Waals surface area contributed by atoms with Crippen LogP contribution in [0.3, 0.4) is 0 Å². The second-order valence-electron chi connectivity index (χ2n) is 9.20. The van der Waals surface area contributed by atoms with E-state index in [0.29, 0.717) is 0 Å². The lowest BCUT2D eigenvalue weighted by Crippen LogP contribution is -2.37. The molecular weight excluding hydrogens is 560 g/mol. The Labute approximate surface area is 239 Å². The average Bonchev–Trinajstić information content (AvgIpc) is 2.98. The van der Waals surface area contributed by atoms with Gasteiger partial charge in [-0.3, -0.25) is 0 Å². The summed E-state index contributed by atoms with van der Waals surface area (Å²) in [7, 11) is 0. The van der Waals surface area contributed by atoms with Gasteiger partial charge in [-0.2, -0.15) is 0 Å². The highest BCUT2D eigenvalue weighted by atomic mass is 16.6. The van der Waals surface area contributed by atoms with Gasteiger partial charge >= 0.3 is 0 Å². The van der Waals surface area contributed by atoms with Crippen LogP contribution < -0.4 is 0 Å². The predicted molar refractivity (Wildman–Crippen MR) is 138 cm³/mol. The molecule has 248 valence electrons. The van der Waals surface area contributed by atoms with Gasteiger partial charge in [0.25, 0.3) is 0 Å². The third-order valence-electron chi connectivity index (χ3n) is 5.07. The van der Waals surface area contributed by atoms with Crippen LogP contribution in [0.1, 0.15) is 0 Å². The molecule has 17 nitrogen and oxygen atoms in total. The van der Waals surface area contributed by atoms with E-state index in [1.54, 1.807) is 0 Å². The number of ether oxygens (including phenoxy) is 7. The fraction of sp³-hybridized carbons (Fsp3) is 1.00. The van der Waals surface area contributed by atoms with Gasteiger partial charge in [0.15, 0.2) is 0 Å². The third-order valence-corrected chi connectivity index (χ3v) is 5.07. The Morgan fingerprint density at radius 3 is 0.805 bits per heavy atom. The predicted octanol–water partition coefficient (Wildman–Crippen LogP) is -6.03. The minimum Gasteiger partial charge on any atom is -0.394 e. The maximum absolute atomic E-state index is 9.60. The van der Waals surface area contributed by atoms with Crippen LogP contribution in [0, 0.1) is 0 Å². The molecule has 0 saturated carbocycles. The lowest BCUT2D eigenvalue weighted by atomic mass is 10.3. The molecule has 0 aliphatic carbocycles. The number of hydrogen-bond donors (Lipinski definition) is 10. The highest BCUT2D eigenvalue weighted by Crippen LogP contribution is 2.06. The standard InChI is InChI=1S/C24H50O17/c25-1-17(30)6-35-11-22(39-9-20(33)4-28)13-38-14-23(12-36-7-18(31)2-26)41-16-24(40-10-21(34)5-29)15-37-8-19(32)3-27/h17-34H,1-16H2. The summed E-state index contributed by atoms with van der Waals surface area (Å²) in [5.41, 5.74) is 0. The fourth-order valence-electron chi connectivity index (χ4n) is 2.77. The van der Waals surface area contributed by atoms with Gasteiger partial charge < -0.3 is 84.2 Å². The second kappa shape index (κ2) is 26.9. The summed E-state index contributed by atoms with van der Waals surface area (Å²) in [4.78, 5) is 0. The molecule has 0 bridgehead atoms. The molecule has 0 aromatic carbocycles. The van der Waals surface area contributed by atoms with Gasteiger partial charge in [-0.25, -0.2) is 0 Å². The van der Waals surface area contributed by atoms with E-state index in [0.717, 1.165) is 0 Å². The maximum Gasteiger partial charge on any atom is 0.104 e. The molecule has 17 heteroatoms. The summed E-state index contributed by atoms with van der Waals surface area (Å²) in [5.74, 6) is 0. The zero-order chi connectivity index (χ0) is 30.9. The van der Waals surface area contributed by atoms with Crippen molar-refractivity contribution >= 4 is 0 Å². The van der Waals surface area contributed by atoms with Crippen molar-refractivity contribution in [2.75, 3.05) is 106 Å². The molecule has 0 aliphatic heterocycles. The van der Waals surface area contributed by atoms with Crippen molar-refractivity contribution < 1.29 is 84.2 Å². The van der Waals surface area contributed by atoms with Crippen molar-refractivity contribution in [2.45, 2.75) is 48.8 Å². The van der Waals surface area contributed by atoms with E-state index >= 15 is 0 Å². The van der Waals surface area contributed by atoms with Gasteiger partial charge in [-0.05, 0) is 0 Å². The first-order valence-corrected chi connectivity index (χ1v) is 13.3. The van der Waals surface area contributed by atoms with Crippen molar-refractivity contribution in [3.05, 3.63) is 0 Å². The summed E-state index contributed by atoms with van der Waals surface area (Å²) in [5, 5.41) is 92.5. The molecule has 0 saturated heterocycles. The molecule has 0 radical (unpaired) electrons. The Balaban J connectivity index is 5.10. The monoisotopic (exact) mass is 610 g/mol. The normalized spacial score (nSPS) is 18.0. The Bertz CT molecular complexity index is 562. The van der Waals surface area contributed by atoms with E-state index in [1.807, 2.05) is 0 Å². The van der Waals surface area contributed by atoms with E-state index in [2.05, 4.69) is 0 Å². The van der Waals surface area contributed by atoms with Crippen molar-refractivity contribution in [3.63, 3.8) is 0 Å². The summed E-state index contributed by atoms with van der Waals surface area (Å²) in [6.45, 7) is -4.06. The molecule has 8 atom stereocenters. The van der Waals surface area contributed by atoms with Gasteiger partial charge in [0.05, 0.1) is 106 Å². The summed E-state index contributed by atoms with van der Waals surface area (Å²) < 4.78 is 38.6. The SMILES string of the molecule is OCC(O)COCC(COCC(COCC(O)CO)OCC(COCC(O)CO)OCC(O)CO)OCC(O)CO. The van der Waals surface area contributed by atoms with E-state index < -0.39 is 81.9 Å². The molecule has 8 unspecified atom stereocenters. The summed E-state index contributed by atoms with van der Waals surface area (Å²) >= 11 is 0. The minimum absolute atomic E-state index is 0.0694. The van der Waals surface area contributed by atoms with Crippen LogP contribution in [0.25, 0.3) is 0 Å². The van der Waals surface area contributed by atoms with Crippen LogP contribution in [0.15, 0.2) is 0 Å². The molecular formula is C24H50O17. The van der Waals surface area contributed by atoms with Crippen molar-refractivity contribution in [2.24, 2.45) is 0 Å². The van der Waals surface area contributed by atoms with Crippen molar-refractivity contribution in [1.82, 2.24) is 0 Å². The first-order chi connectivity index (χ1) is 19.7. The van der Waals surface area contributed by atoms with Crippen LogP contribution in [0.2, 0.25) is 0 Å². The number of hydrogen-bond acceptors (Lipinski definition) is 17. The lowest BCUT2D eigenvalue weighted by Gasteiger charge is -2.25. The molecule has 0 aromatic heterocycles. The summed E-state index contributed by atoms with van der Waals surface area (Å²) in [6.07, 6.45) is -7.84. The first kappa shape index (κ1) is 40.3. The Hall–Kier alpha value is -0.680. The quantitative estimate of drug-likeness (QED) is 0.0362. The van der Waals surface area contributed by atoms with Crippen LogP contribution in [0.5, 0.6) is 0 Å². The van der Waals surface area contributed by atoms with Crippen molar-refractivity contribution in [1.29, 1.82) is 0 Å². The zero-order valence-electron chi connectivity index (χ0n) is 23.3. The molecule has 10 N–H and O–H groups in total. The molecule has 41 heavy (non-hydrogen) atoms. The average molecular weight is 611 g/mol. The summed E-state index contributed by atoms with van der Waals surface area (Å²) in [6, 6.07) is 0. The fourth-order valence-corrected chi connectivity index (χ4v) is 2.77. The topological polar surface area (TPSA) is 267 Å². The first-order valence-electron chi connectivity index (χ1n) is 13.3. The third kappa shape index (κ3) is 23.5. The number of aliphatic hydroxyl groups excluding tert-OH is 10. The zero-order valence-corrected chi connectivity index (χ0v) is 23.3. The van der Waals surface area contributed by atoms with E-state index in [4.69, 9.17) is 58.7 Å². The highest BCUT2D eigenvalue weighted by Gasteiger charge is 2.20. The highest BCUT2D eigenvalue weighted by molar-refractivity contribution is 4.66. The molecule has 0 spiro atoms. The largest absolute Gasteiger partial charge is 0.394 e. The molecule has 0 aromatic rings. The van der Waals surface area contributed by atoms with Crippen LogP contribution in [-0.4, -0.2) is 206 Å². The molecule has 0 fully saturated rings. The molecule has 0 amide bonds. The van der Waals surface area contributed by atoms with Gasteiger partial charge in [0.2, 0.25) is 0 Å². The van der Waals surface area contributed by atoms with E-state index in [9.17, 15) is 25.5 Å². The van der Waals surface area contributed by atoms with Crippen LogP contribution in [0.4, 0.5) is 0 Å². The van der Waals surface area contributed by atoms with Crippen LogP contribution in [-0.2, 0) is 33.2 Å². The van der Waals surface area contributed by atoms with Gasteiger partial charge in [0, 0.05) is 0 Å². The number of rotatable bonds is 30. The van der Waals surface area contributed by atoms with Gasteiger partial charge in [-0.15, -0.1) is 0 Å². The molecule has 0 heterocycles. The minimum atomic E-state index is -1.15. The molecule has 0 rings (SSSR count).